The highest BCUT2D eigenvalue weighted by atomic mass is 32.1. The van der Waals surface area contributed by atoms with Crippen LogP contribution < -0.4 is 5.32 Å². The number of ether oxygens (including phenoxy) is 1. The second-order valence-electron chi connectivity index (χ2n) is 7.24. The average molecular weight is 306 g/mol. The number of aryl methyl sites for hydroxylation is 1. The standard InChI is InChI=1S/C16H22N2O2S/c1-9-13(14(19)20-2)17-15(21-9)18-16-6-10-3-11(7-16)5-12(4-10)8-16/h10-12H,3-8H2,1-2H3,(H,17,18). The van der Waals surface area contributed by atoms with Crippen molar-refractivity contribution >= 4 is 22.4 Å². The Kier molecular flexibility index (Phi) is 3.03. The predicted molar refractivity (Wildman–Crippen MR) is 82.7 cm³/mol. The number of methoxy groups -OCH3 is 1. The predicted octanol–water partition coefficient (Wildman–Crippen LogP) is 3.62. The Hall–Kier alpha value is -1.10. The number of thiazole rings is 1. The maximum atomic E-state index is 11.7. The fourth-order valence-corrected chi connectivity index (χ4v) is 6.15. The van der Waals surface area contributed by atoms with E-state index >= 15 is 0 Å². The summed E-state index contributed by atoms with van der Waals surface area (Å²) < 4.78 is 4.80. The lowest BCUT2D eigenvalue weighted by molar-refractivity contribution is 0.0107. The second-order valence-corrected chi connectivity index (χ2v) is 8.44. The minimum atomic E-state index is -0.331. The smallest absolute Gasteiger partial charge is 0.357 e. The number of anilines is 1. The molecule has 0 aromatic carbocycles. The van der Waals surface area contributed by atoms with Crippen molar-refractivity contribution in [3.05, 3.63) is 10.6 Å². The molecule has 4 nitrogen and oxygen atoms in total. The first-order valence-corrected chi connectivity index (χ1v) is 8.72. The van der Waals surface area contributed by atoms with Crippen molar-refractivity contribution < 1.29 is 9.53 Å². The molecule has 4 aliphatic rings. The van der Waals surface area contributed by atoms with Crippen LogP contribution in [0.5, 0.6) is 0 Å². The van der Waals surface area contributed by atoms with Crippen LogP contribution in [0, 0.1) is 24.7 Å². The summed E-state index contributed by atoms with van der Waals surface area (Å²) in [7, 11) is 1.41. The molecule has 0 spiro atoms. The monoisotopic (exact) mass is 306 g/mol. The molecular weight excluding hydrogens is 284 g/mol. The lowest BCUT2D eigenvalue weighted by atomic mass is 9.53. The van der Waals surface area contributed by atoms with Crippen molar-refractivity contribution in [2.45, 2.75) is 51.0 Å². The highest BCUT2D eigenvalue weighted by molar-refractivity contribution is 7.15. The van der Waals surface area contributed by atoms with Gasteiger partial charge in [-0.15, -0.1) is 11.3 Å². The van der Waals surface area contributed by atoms with Gasteiger partial charge < -0.3 is 10.1 Å². The minimum Gasteiger partial charge on any atom is -0.464 e. The molecule has 5 heteroatoms. The molecule has 0 atom stereocenters. The van der Waals surface area contributed by atoms with E-state index in [1.807, 2.05) is 6.92 Å². The van der Waals surface area contributed by atoms with Gasteiger partial charge in [-0.3, -0.25) is 0 Å². The van der Waals surface area contributed by atoms with Gasteiger partial charge in [0.1, 0.15) is 0 Å². The number of nitrogens with zero attached hydrogens (tertiary/aromatic N) is 1. The van der Waals surface area contributed by atoms with Gasteiger partial charge in [0.15, 0.2) is 10.8 Å². The zero-order chi connectivity index (χ0) is 14.6. The van der Waals surface area contributed by atoms with E-state index in [2.05, 4.69) is 10.3 Å². The van der Waals surface area contributed by atoms with Gasteiger partial charge in [-0.05, 0) is 63.2 Å². The van der Waals surface area contributed by atoms with Gasteiger partial charge in [0.05, 0.1) is 7.11 Å². The van der Waals surface area contributed by atoms with Crippen LogP contribution in [0.15, 0.2) is 0 Å². The molecule has 0 saturated heterocycles. The third-order valence-corrected chi connectivity index (χ3v) is 6.47. The summed E-state index contributed by atoms with van der Waals surface area (Å²) in [5.74, 6) is 2.39. The maximum Gasteiger partial charge on any atom is 0.357 e. The fraction of sp³-hybridized carbons (Fsp3) is 0.750. The molecule has 4 aliphatic carbocycles. The van der Waals surface area contributed by atoms with Gasteiger partial charge in [0, 0.05) is 10.4 Å². The molecule has 0 unspecified atom stereocenters. The van der Waals surface area contributed by atoms with Gasteiger partial charge >= 0.3 is 5.97 Å². The van der Waals surface area contributed by atoms with Crippen LogP contribution in [-0.2, 0) is 4.74 Å². The fourth-order valence-electron chi connectivity index (χ4n) is 5.23. The average Bonchev–Trinajstić information content (AvgIpc) is 2.76. The van der Waals surface area contributed by atoms with Crippen molar-refractivity contribution in [1.82, 2.24) is 4.98 Å². The number of esters is 1. The number of hydrogen-bond donors (Lipinski definition) is 1. The van der Waals surface area contributed by atoms with E-state index in [-0.39, 0.29) is 11.5 Å². The van der Waals surface area contributed by atoms with Gasteiger partial charge in [-0.25, -0.2) is 9.78 Å². The Morgan fingerprint density at radius 1 is 1.24 bits per heavy atom. The molecule has 1 N–H and O–H groups in total. The summed E-state index contributed by atoms with van der Waals surface area (Å²) in [4.78, 5) is 17.1. The molecule has 4 bridgehead atoms. The number of carbonyl (C=O) groups is 1. The van der Waals surface area contributed by atoms with E-state index in [9.17, 15) is 4.79 Å². The molecule has 0 amide bonds. The lowest BCUT2D eigenvalue weighted by Crippen LogP contribution is -2.54. The zero-order valence-electron chi connectivity index (χ0n) is 12.6. The van der Waals surface area contributed by atoms with E-state index in [0.29, 0.717) is 5.69 Å². The minimum absolute atomic E-state index is 0.242. The van der Waals surface area contributed by atoms with Gasteiger partial charge in [0.25, 0.3) is 0 Å². The van der Waals surface area contributed by atoms with Crippen molar-refractivity contribution in [2.24, 2.45) is 17.8 Å². The summed E-state index contributed by atoms with van der Waals surface area (Å²) in [5, 5.41) is 4.62. The SMILES string of the molecule is COC(=O)c1nc(NC23CC4CC(CC(C4)C2)C3)sc1C. The lowest BCUT2D eigenvalue weighted by Gasteiger charge is -2.56. The molecular formula is C16H22N2O2S. The zero-order valence-corrected chi connectivity index (χ0v) is 13.5. The Bertz CT molecular complexity index is 546. The Balaban J connectivity index is 1.57. The molecule has 4 saturated carbocycles. The van der Waals surface area contributed by atoms with Crippen LogP contribution in [0.2, 0.25) is 0 Å². The summed E-state index contributed by atoms with van der Waals surface area (Å²) in [5.41, 5.74) is 0.710. The normalized spacial score (nSPS) is 36.8. The molecule has 1 aromatic heterocycles. The van der Waals surface area contributed by atoms with Crippen LogP contribution in [0.3, 0.4) is 0 Å². The van der Waals surface area contributed by atoms with E-state index in [1.165, 1.54) is 45.6 Å². The summed E-state index contributed by atoms with van der Waals surface area (Å²) >= 11 is 1.58. The van der Waals surface area contributed by atoms with E-state index < -0.39 is 0 Å². The number of aromatic nitrogens is 1. The topological polar surface area (TPSA) is 51.2 Å². The largest absolute Gasteiger partial charge is 0.464 e. The highest BCUT2D eigenvalue weighted by Crippen LogP contribution is 2.56. The van der Waals surface area contributed by atoms with Crippen molar-refractivity contribution in [3.63, 3.8) is 0 Å². The third-order valence-electron chi connectivity index (χ3n) is 5.59. The molecule has 4 fully saturated rings. The van der Waals surface area contributed by atoms with E-state index in [0.717, 1.165) is 27.8 Å². The first-order valence-electron chi connectivity index (χ1n) is 7.91. The number of hydrogen-bond acceptors (Lipinski definition) is 5. The third kappa shape index (κ3) is 2.26. The summed E-state index contributed by atoms with van der Waals surface area (Å²) in [6.45, 7) is 1.94. The number of rotatable bonds is 3. The molecule has 0 aliphatic heterocycles. The number of carbonyl (C=O) groups excluding carboxylic acids is 1. The molecule has 0 radical (unpaired) electrons. The molecule has 1 heterocycles. The number of nitrogens with one attached hydrogen (secondary N) is 1. The Labute approximate surface area is 129 Å². The summed E-state index contributed by atoms with van der Waals surface area (Å²) in [6, 6.07) is 0. The Morgan fingerprint density at radius 2 is 1.81 bits per heavy atom. The molecule has 5 rings (SSSR count). The first kappa shape index (κ1) is 13.6. The van der Waals surface area contributed by atoms with E-state index in [4.69, 9.17) is 4.74 Å². The van der Waals surface area contributed by atoms with Crippen LogP contribution >= 0.6 is 11.3 Å². The second kappa shape index (κ2) is 4.70. The van der Waals surface area contributed by atoms with Crippen molar-refractivity contribution in [1.29, 1.82) is 0 Å². The molecule has 1 aromatic rings. The van der Waals surface area contributed by atoms with Crippen LogP contribution in [0.4, 0.5) is 5.13 Å². The van der Waals surface area contributed by atoms with Gasteiger partial charge in [-0.2, -0.15) is 0 Å². The van der Waals surface area contributed by atoms with Gasteiger partial charge in [-0.1, -0.05) is 0 Å². The molecule has 21 heavy (non-hydrogen) atoms. The van der Waals surface area contributed by atoms with Crippen molar-refractivity contribution in [2.75, 3.05) is 12.4 Å². The summed E-state index contributed by atoms with van der Waals surface area (Å²) in [6.07, 6.45) is 8.16. The molecule has 114 valence electrons. The first-order chi connectivity index (χ1) is 10.1. The maximum absolute atomic E-state index is 11.7. The van der Waals surface area contributed by atoms with Crippen LogP contribution in [0.25, 0.3) is 0 Å². The Morgan fingerprint density at radius 3 is 2.33 bits per heavy atom. The highest BCUT2D eigenvalue weighted by Gasteiger charge is 2.51. The van der Waals surface area contributed by atoms with Crippen molar-refractivity contribution in [3.8, 4) is 0 Å². The quantitative estimate of drug-likeness (QED) is 0.867. The van der Waals surface area contributed by atoms with Crippen LogP contribution in [0.1, 0.15) is 53.9 Å². The van der Waals surface area contributed by atoms with Gasteiger partial charge in [0.2, 0.25) is 0 Å². The van der Waals surface area contributed by atoms with E-state index in [1.54, 1.807) is 11.3 Å². The van der Waals surface area contributed by atoms with Crippen LogP contribution in [-0.4, -0.2) is 23.6 Å².